The molecule has 12 heavy (non-hydrogen) atoms. The third-order valence-electron chi connectivity index (χ3n) is 2.82. The van der Waals surface area contributed by atoms with Crippen molar-refractivity contribution in [2.24, 2.45) is 0 Å². The molecule has 0 atom stereocenters. The number of hydrogen-bond donors (Lipinski definition) is 0. The predicted molar refractivity (Wildman–Crippen MR) is 49.7 cm³/mol. The number of rotatable bonds is 3. The standard InChI is InChI=1S/C9H16ClNO/c10-4-2-5-11-7-9(8-11)3-1-6-12-9/h1-8H2. The summed E-state index contributed by atoms with van der Waals surface area (Å²) in [7, 11) is 0. The average molecular weight is 190 g/mol. The van der Waals surface area contributed by atoms with E-state index in [-0.39, 0.29) is 5.60 Å². The summed E-state index contributed by atoms with van der Waals surface area (Å²) in [6.07, 6.45) is 3.63. The van der Waals surface area contributed by atoms with E-state index in [0.29, 0.717) is 0 Å². The van der Waals surface area contributed by atoms with Gasteiger partial charge in [0, 0.05) is 25.6 Å². The first-order valence-electron chi connectivity index (χ1n) is 4.77. The van der Waals surface area contributed by atoms with Crippen LogP contribution in [0.3, 0.4) is 0 Å². The molecular weight excluding hydrogens is 174 g/mol. The Morgan fingerprint density at radius 3 is 2.83 bits per heavy atom. The minimum absolute atomic E-state index is 0.270. The number of halogens is 1. The zero-order chi connectivity index (χ0) is 8.44. The van der Waals surface area contributed by atoms with Gasteiger partial charge in [-0.05, 0) is 25.8 Å². The van der Waals surface area contributed by atoms with Gasteiger partial charge >= 0.3 is 0 Å². The van der Waals surface area contributed by atoms with Gasteiger partial charge in [-0.2, -0.15) is 0 Å². The van der Waals surface area contributed by atoms with E-state index in [1.54, 1.807) is 0 Å². The Bertz CT molecular complexity index is 149. The monoisotopic (exact) mass is 189 g/mol. The van der Waals surface area contributed by atoms with Crippen molar-refractivity contribution in [3.63, 3.8) is 0 Å². The SMILES string of the molecule is ClCCCN1CC2(CCCO2)C1. The Labute approximate surface area is 78.8 Å². The molecule has 1 spiro atoms. The van der Waals surface area contributed by atoms with Crippen LogP contribution in [-0.2, 0) is 4.74 Å². The van der Waals surface area contributed by atoms with Gasteiger partial charge in [-0.15, -0.1) is 11.6 Å². The fourth-order valence-corrected chi connectivity index (χ4v) is 2.33. The lowest BCUT2D eigenvalue weighted by Gasteiger charge is -2.47. The molecular formula is C9H16ClNO. The Kier molecular flexibility index (Phi) is 2.58. The topological polar surface area (TPSA) is 12.5 Å². The van der Waals surface area contributed by atoms with Gasteiger partial charge in [-0.25, -0.2) is 0 Å². The Hall–Kier alpha value is 0.210. The van der Waals surface area contributed by atoms with Gasteiger partial charge in [0.25, 0.3) is 0 Å². The maximum atomic E-state index is 5.71. The molecule has 0 aromatic rings. The molecule has 2 aliphatic heterocycles. The number of hydrogen-bond acceptors (Lipinski definition) is 2. The van der Waals surface area contributed by atoms with Gasteiger partial charge < -0.3 is 4.74 Å². The molecule has 0 unspecified atom stereocenters. The first-order chi connectivity index (χ1) is 5.85. The van der Waals surface area contributed by atoms with Crippen LogP contribution in [0.5, 0.6) is 0 Å². The summed E-state index contributed by atoms with van der Waals surface area (Å²) in [6.45, 7) is 4.41. The zero-order valence-electron chi connectivity index (χ0n) is 7.39. The van der Waals surface area contributed by atoms with Crippen molar-refractivity contribution in [3.8, 4) is 0 Å². The molecule has 2 nitrogen and oxygen atoms in total. The summed E-state index contributed by atoms with van der Waals surface area (Å²) < 4.78 is 5.71. The molecule has 0 aromatic heterocycles. The van der Waals surface area contributed by atoms with E-state index in [1.165, 1.54) is 12.8 Å². The second-order valence-electron chi connectivity index (χ2n) is 3.89. The van der Waals surface area contributed by atoms with Crippen LogP contribution in [-0.4, -0.2) is 42.6 Å². The van der Waals surface area contributed by atoms with E-state index in [4.69, 9.17) is 16.3 Å². The summed E-state index contributed by atoms with van der Waals surface area (Å²) in [5, 5.41) is 0. The zero-order valence-corrected chi connectivity index (χ0v) is 8.15. The van der Waals surface area contributed by atoms with Gasteiger partial charge in [0.2, 0.25) is 0 Å². The Morgan fingerprint density at radius 2 is 2.25 bits per heavy atom. The van der Waals surface area contributed by atoms with E-state index in [1.807, 2.05) is 0 Å². The third-order valence-corrected chi connectivity index (χ3v) is 3.08. The lowest BCUT2D eigenvalue weighted by molar-refractivity contribution is -0.110. The van der Waals surface area contributed by atoms with Crippen LogP contribution in [0.25, 0.3) is 0 Å². The molecule has 70 valence electrons. The molecule has 2 heterocycles. The molecule has 2 saturated heterocycles. The molecule has 2 aliphatic rings. The highest BCUT2D eigenvalue weighted by Crippen LogP contribution is 2.34. The molecule has 2 fully saturated rings. The molecule has 3 heteroatoms. The fourth-order valence-electron chi connectivity index (χ4n) is 2.21. The molecule has 0 amide bonds. The van der Waals surface area contributed by atoms with E-state index in [0.717, 1.165) is 38.5 Å². The first-order valence-corrected chi connectivity index (χ1v) is 5.30. The molecule has 0 aromatic carbocycles. The van der Waals surface area contributed by atoms with Crippen LogP contribution in [0.15, 0.2) is 0 Å². The van der Waals surface area contributed by atoms with E-state index < -0.39 is 0 Å². The van der Waals surface area contributed by atoms with Crippen molar-refractivity contribution in [2.45, 2.75) is 24.9 Å². The minimum Gasteiger partial charge on any atom is -0.372 e. The van der Waals surface area contributed by atoms with Gasteiger partial charge in [0.05, 0.1) is 5.60 Å². The molecule has 0 bridgehead atoms. The summed E-state index contributed by atoms with van der Waals surface area (Å²) in [6, 6.07) is 0. The third kappa shape index (κ3) is 1.61. The number of likely N-dealkylation sites (tertiary alicyclic amines) is 1. The van der Waals surface area contributed by atoms with Crippen molar-refractivity contribution in [2.75, 3.05) is 32.1 Å². The highest BCUT2D eigenvalue weighted by molar-refractivity contribution is 6.17. The van der Waals surface area contributed by atoms with E-state index in [2.05, 4.69) is 4.90 Å². The van der Waals surface area contributed by atoms with Crippen LogP contribution < -0.4 is 0 Å². The lowest BCUT2D eigenvalue weighted by atomic mass is 9.91. The fraction of sp³-hybridized carbons (Fsp3) is 1.00. The molecule has 0 N–H and O–H groups in total. The van der Waals surface area contributed by atoms with Gasteiger partial charge in [-0.3, -0.25) is 4.90 Å². The van der Waals surface area contributed by atoms with Crippen molar-refractivity contribution < 1.29 is 4.74 Å². The van der Waals surface area contributed by atoms with Crippen LogP contribution >= 0.6 is 11.6 Å². The summed E-state index contributed by atoms with van der Waals surface area (Å²) in [4.78, 5) is 2.44. The van der Waals surface area contributed by atoms with Crippen molar-refractivity contribution in [1.82, 2.24) is 4.90 Å². The van der Waals surface area contributed by atoms with E-state index in [9.17, 15) is 0 Å². The van der Waals surface area contributed by atoms with Gasteiger partial charge in [0.1, 0.15) is 0 Å². The highest BCUT2D eigenvalue weighted by Gasteiger charge is 2.45. The lowest BCUT2D eigenvalue weighted by Crippen LogP contribution is -2.61. The molecule has 0 aliphatic carbocycles. The summed E-state index contributed by atoms with van der Waals surface area (Å²) in [5.74, 6) is 0.782. The van der Waals surface area contributed by atoms with Gasteiger partial charge in [-0.1, -0.05) is 0 Å². The Morgan fingerprint density at radius 1 is 1.42 bits per heavy atom. The largest absolute Gasteiger partial charge is 0.372 e. The first kappa shape index (κ1) is 8.79. The highest BCUT2D eigenvalue weighted by atomic mass is 35.5. The van der Waals surface area contributed by atoms with Crippen LogP contribution in [0, 0.1) is 0 Å². The Balaban J connectivity index is 1.68. The maximum absolute atomic E-state index is 5.71. The van der Waals surface area contributed by atoms with Gasteiger partial charge in [0.15, 0.2) is 0 Å². The predicted octanol–water partition coefficient (Wildman–Crippen LogP) is 1.48. The van der Waals surface area contributed by atoms with Crippen molar-refractivity contribution in [1.29, 1.82) is 0 Å². The molecule has 0 saturated carbocycles. The summed E-state index contributed by atoms with van der Waals surface area (Å²) in [5.41, 5.74) is 0.270. The number of alkyl halides is 1. The van der Waals surface area contributed by atoms with Crippen molar-refractivity contribution >= 4 is 11.6 Å². The second-order valence-corrected chi connectivity index (χ2v) is 4.27. The quantitative estimate of drug-likeness (QED) is 0.624. The molecule has 2 rings (SSSR count). The maximum Gasteiger partial charge on any atom is 0.0935 e. The number of ether oxygens (including phenoxy) is 1. The van der Waals surface area contributed by atoms with Crippen LogP contribution in [0.1, 0.15) is 19.3 Å². The average Bonchev–Trinajstić information content (AvgIpc) is 2.46. The molecule has 0 radical (unpaired) electrons. The van der Waals surface area contributed by atoms with Crippen LogP contribution in [0.2, 0.25) is 0 Å². The smallest absolute Gasteiger partial charge is 0.0935 e. The van der Waals surface area contributed by atoms with Crippen LogP contribution in [0.4, 0.5) is 0 Å². The number of nitrogens with zero attached hydrogens (tertiary/aromatic N) is 1. The normalized spacial score (nSPS) is 27.8. The summed E-state index contributed by atoms with van der Waals surface area (Å²) >= 11 is 5.62. The minimum atomic E-state index is 0.270. The van der Waals surface area contributed by atoms with E-state index >= 15 is 0 Å². The second kappa shape index (κ2) is 3.52. The van der Waals surface area contributed by atoms with Crippen molar-refractivity contribution in [3.05, 3.63) is 0 Å².